The van der Waals surface area contributed by atoms with Crippen LogP contribution in [0.4, 0.5) is 0 Å². The lowest BCUT2D eigenvalue weighted by atomic mass is 10.1. The summed E-state index contributed by atoms with van der Waals surface area (Å²) >= 11 is 0. The molecule has 3 unspecified atom stereocenters. The highest BCUT2D eigenvalue weighted by Crippen LogP contribution is 2.43. The molecule has 0 aliphatic heterocycles. The molecule has 0 fully saturated rings. The molecular formula is C60H91O11P. The fourth-order valence-corrected chi connectivity index (χ4v) is 6.84. The second-order valence-electron chi connectivity index (χ2n) is 16.5. The summed E-state index contributed by atoms with van der Waals surface area (Å²) in [7, 11) is -4.80. The third-order valence-electron chi connectivity index (χ3n) is 9.95. The summed E-state index contributed by atoms with van der Waals surface area (Å²) in [5.41, 5.74) is 0. The topological polar surface area (TPSA) is 155 Å². The van der Waals surface area contributed by atoms with Crippen LogP contribution in [0.15, 0.2) is 158 Å². The molecule has 3 atom stereocenters. The van der Waals surface area contributed by atoms with E-state index in [9.17, 15) is 28.9 Å². The molecular weight excluding hydrogens is 928 g/mol. The van der Waals surface area contributed by atoms with Crippen LogP contribution >= 0.6 is 7.82 Å². The number of hydrogen-bond donors (Lipinski definition) is 2. The predicted octanol–water partition coefficient (Wildman–Crippen LogP) is 15.4. The van der Waals surface area contributed by atoms with Gasteiger partial charge in [-0.05, 0) is 116 Å². The molecule has 0 radical (unpaired) electrons. The Hall–Kier alpha value is -4.90. The van der Waals surface area contributed by atoms with E-state index in [1.165, 1.54) is 0 Å². The molecule has 72 heavy (non-hydrogen) atoms. The van der Waals surface area contributed by atoms with E-state index < -0.39 is 64.4 Å². The van der Waals surface area contributed by atoms with Crippen LogP contribution in [-0.2, 0) is 42.2 Å². The molecule has 0 aromatic heterocycles. The van der Waals surface area contributed by atoms with Gasteiger partial charge in [0.2, 0.25) is 0 Å². The molecule has 0 amide bonds. The van der Waals surface area contributed by atoms with Crippen LogP contribution < -0.4 is 0 Å². The number of rotatable bonds is 46. The van der Waals surface area contributed by atoms with Gasteiger partial charge in [-0.3, -0.25) is 23.4 Å². The van der Waals surface area contributed by atoms with Gasteiger partial charge in [-0.2, -0.15) is 0 Å². The lowest BCUT2D eigenvalue weighted by molar-refractivity contribution is -0.161. The monoisotopic (exact) mass is 1020 g/mol. The average Bonchev–Trinajstić information content (AvgIpc) is 3.37. The van der Waals surface area contributed by atoms with Crippen molar-refractivity contribution in [2.24, 2.45) is 0 Å². The Morgan fingerprint density at radius 1 is 0.389 bits per heavy atom. The fourth-order valence-electron chi connectivity index (χ4n) is 6.05. The van der Waals surface area contributed by atoms with Crippen molar-refractivity contribution < 1.29 is 52.2 Å². The van der Waals surface area contributed by atoms with Gasteiger partial charge in [0.15, 0.2) is 6.10 Å². The van der Waals surface area contributed by atoms with Crippen LogP contribution in [0.2, 0.25) is 0 Å². The number of carbonyl (C=O) groups is 3. The zero-order valence-electron chi connectivity index (χ0n) is 44.1. The van der Waals surface area contributed by atoms with E-state index in [1.807, 2.05) is 30.4 Å². The lowest BCUT2D eigenvalue weighted by Gasteiger charge is -2.21. The highest BCUT2D eigenvalue weighted by Gasteiger charge is 2.28. The molecule has 402 valence electrons. The number of unbranched alkanes of at least 4 members (excludes halogenated alkanes) is 3. The molecule has 0 rings (SSSR count). The van der Waals surface area contributed by atoms with Crippen LogP contribution in [-0.4, -0.2) is 66.5 Å². The number of hydrogen-bond acceptors (Lipinski definition) is 10. The summed E-state index contributed by atoms with van der Waals surface area (Å²) in [5, 5.41) is 9.76. The normalized spacial score (nSPS) is 14.7. The number of aliphatic hydroxyl groups excluding tert-OH is 1. The molecule has 0 aromatic rings. The van der Waals surface area contributed by atoms with Crippen molar-refractivity contribution in [1.29, 1.82) is 0 Å². The zero-order chi connectivity index (χ0) is 52.7. The number of ether oxygens (including phenoxy) is 3. The third-order valence-corrected chi connectivity index (χ3v) is 10.9. The first-order valence-electron chi connectivity index (χ1n) is 26.4. The van der Waals surface area contributed by atoms with E-state index in [-0.39, 0.29) is 19.3 Å². The Bertz CT molecular complexity index is 1810. The maximum Gasteiger partial charge on any atom is 0.472 e. The van der Waals surface area contributed by atoms with Crippen LogP contribution in [0.3, 0.4) is 0 Å². The molecule has 0 aliphatic rings. The highest BCUT2D eigenvalue weighted by molar-refractivity contribution is 7.47. The largest absolute Gasteiger partial charge is 0.472 e. The molecule has 2 N–H and O–H groups in total. The Morgan fingerprint density at radius 3 is 1.07 bits per heavy atom. The van der Waals surface area contributed by atoms with Crippen LogP contribution in [0, 0.1) is 0 Å². The van der Waals surface area contributed by atoms with Gasteiger partial charge in [0.25, 0.3) is 0 Å². The minimum absolute atomic E-state index is 0.0206. The first kappa shape index (κ1) is 67.1. The number of phosphoric ester groups is 1. The zero-order valence-corrected chi connectivity index (χ0v) is 45.0. The van der Waals surface area contributed by atoms with Crippen molar-refractivity contribution >= 4 is 25.7 Å². The smallest absolute Gasteiger partial charge is 0.462 e. The average molecular weight is 1020 g/mol. The maximum atomic E-state index is 12.9. The summed E-state index contributed by atoms with van der Waals surface area (Å²) < 4.78 is 39.2. The molecule has 0 aromatic carbocycles. The number of phosphoric acid groups is 1. The molecule has 0 heterocycles. The summed E-state index contributed by atoms with van der Waals surface area (Å²) in [6.07, 6.45) is 68.2. The van der Waals surface area contributed by atoms with E-state index in [0.29, 0.717) is 25.7 Å². The fraction of sp³-hybridized carbons (Fsp3) is 0.517. The minimum Gasteiger partial charge on any atom is -0.462 e. The van der Waals surface area contributed by atoms with Crippen LogP contribution in [0.25, 0.3) is 0 Å². The highest BCUT2D eigenvalue weighted by atomic mass is 31.2. The van der Waals surface area contributed by atoms with Gasteiger partial charge in [0, 0.05) is 19.3 Å². The molecule has 0 saturated heterocycles. The van der Waals surface area contributed by atoms with Crippen molar-refractivity contribution in [2.75, 3.05) is 26.4 Å². The van der Waals surface area contributed by atoms with E-state index in [0.717, 1.165) is 96.3 Å². The van der Waals surface area contributed by atoms with Crippen molar-refractivity contribution in [3.63, 3.8) is 0 Å². The number of aliphatic hydroxyl groups is 1. The van der Waals surface area contributed by atoms with Crippen molar-refractivity contribution in [3.8, 4) is 0 Å². The Kier molecular flexibility index (Phi) is 48.9. The number of esters is 3. The second kappa shape index (κ2) is 52.4. The predicted molar refractivity (Wildman–Crippen MR) is 297 cm³/mol. The second-order valence-corrected chi connectivity index (χ2v) is 18.0. The molecule has 0 spiro atoms. The van der Waals surface area contributed by atoms with E-state index >= 15 is 0 Å². The van der Waals surface area contributed by atoms with E-state index in [2.05, 4.69) is 148 Å². The van der Waals surface area contributed by atoms with Crippen molar-refractivity contribution in [3.05, 3.63) is 158 Å². The molecule has 0 bridgehead atoms. The van der Waals surface area contributed by atoms with Crippen molar-refractivity contribution in [2.45, 2.75) is 174 Å². The molecule has 11 nitrogen and oxygen atoms in total. The Morgan fingerprint density at radius 2 is 0.708 bits per heavy atom. The summed E-state index contributed by atoms with van der Waals surface area (Å²) in [6, 6.07) is 0. The minimum atomic E-state index is -4.80. The Balaban J connectivity index is 4.98. The summed E-state index contributed by atoms with van der Waals surface area (Å²) in [4.78, 5) is 48.3. The van der Waals surface area contributed by atoms with Gasteiger partial charge in [0.05, 0.1) is 19.8 Å². The van der Waals surface area contributed by atoms with Crippen LogP contribution in [0.1, 0.15) is 162 Å². The lowest BCUT2D eigenvalue weighted by Crippen LogP contribution is -2.30. The maximum absolute atomic E-state index is 12.9. The quantitative estimate of drug-likeness (QED) is 0.0197. The first-order chi connectivity index (χ1) is 35.2. The van der Waals surface area contributed by atoms with Crippen LogP contribution in [0.5, 0.6) is 0 Å². The SMILES string of the molecule is CC/C=C\C/C=C\C/C=C\C/C=C\C/C=C\C/C=C\CCC(=O)OC(COC(=O)CCCCC/C=C\C/C=C\C/C=C\CC)COP(=O)(O)OCC(CO)OC(=O)CC/C=C\C/C=C\C/C=C\C/C=C\CC. The van der Waals surface area contributed by atoms with Gasteiger partial charge in [-0.1, -0.05) is 185 Å². The van der Waals surface area contributed by atoms with Gasteiger partial charge in [-0.25, -0.2) is 4.57 Å². The first-order valence-corrected chi connectivity index (χ1v) is 27.9. The van der Waals surface area contributed by atoms with Gasteiger partial charge in [-0.15, -0.1) is 0 Å². The standard InChI is InChI=1S/C60H91O11P/c1-4-7-10-13-16-19-22-25-26-27-28-29-30-33-36-39-42-45-48-51-60(64)71-57(53-67-58(62)49-46-43-40-37-34-31-23-20-17-14-11-8-5-2)55-69-72(65,66)68-54-56(52-61)70-59(63)50-47-44-41-38-35-32-24-21-18-15-12-9-6-3/h7-12,16-21,25-26,28-29,31-36,41-42,44-45,56-57,61H,4-6,13-15,22-24,27,30,37-40,43,46-55H2,1-3H3,(H,65,66)/b10-7-,11-8-,12-9-,19-16-,20-17-,21-18-,26-25-,29-28-,34-31-,35-32-,36-33-,44-41-,45-42-. The third kappa shape index (κ3) is 50.1. The number of carbonyl (C=O) groups excluding carboxylic acids is 3. The van der Waals surface area contributed by atoms with Crippen molar-refractivity contribution in [1.82, 2.24) is 0 Å². The van der Waals surface area contributed by atoms with E-state index in [4.69, 9.17) is 23.3 Å². The van der Waals surface area contributed by atoms with Gasteiger partial charge >= 0.3 is 25.7 Å². The van der Waals surface area contributed by atoms with Gasteiger partial charge in [0.1, 0.15) is 12.7 Å². The molecule has 0 saturated carbocycles. The molecule has 12 heteroatoms. The Labute approximate surface area is 434 Å². The van der Waals surface area contributed by atoms with Gasteiger partial charge < -0.3 is 24.2 Å². The van der Waals surface area contributed by atoms with E-state index in [1.54, 1.807) is 0 Å². The summed E-state index contributed by atoms with van der Waals surface area (Å²) in [6.45, 7) is 4.04. The number of allylic oxidation sites excluding steroid dienone is 26. The molecule has 0 aliphatic carbocycles. The summed E-state index contributed by atoms with van der Waals surface area (Å²) in [5.74, 6) is -1.72.